The number of aromatic nitrogens is 2. The van der Waals surface area contributed by atoms with Crippen molar-refractivity contribution in [2.75, 3.05) is 27.1 Å². The van der Waals surface area contributed by atoms with Gasteiger partial charge in [0.15, 0.2) is 16.7 Å². The van der Waals surface area contributed by atoms with Gasteiger partial charge in [-0.1, -0.05) is 53.7 Å². The van der Waals surface area contributed by atoms with Crippen molar-refractivity contribution >= 4 is 34.9 Å². The molecule has 0 radical (unpaired) electrons. The van der Waals surface area contributed by atoms with Crippen LogP contribution in [0.5, 0.6) is 17.2 Å². The van der Waals surface area contributed by atoms with E-state index < -0.39 is 0 Å². The number of nitrogens with one attached hydrogen (secondary N) is 1. The highest BCUT2D eigenvalue weighted by atomic mass is 32.2. The summed E-state index contributed by atoms with van der Waals surface area (Å²) in [5.74, 6) is 1.38. The van der Waals surface area contributed by atoms with Crippen LogP contribution in [0.4, 0.5) is 0 Å². The number of rotatable bonds is 10. The first kappa shape index (κ1) is 25.1. The molecule has 1 amide bonds. The van der Waals surface area contributed by atoms with Gasteiger partial charge in [-0.3, -0.25) is 4.79 Å². The van der Waals surface area contributed by atoms with Crippen LogP contribution in [-0.4, -0.2) is 48.8 Å². The second-order valence-corrected chi connectivity index (χ2v) is 8.90. The van der Waals surface area contributed by atoms with Crippen LogP contribution in [0, 0.1) is 6.92 Å². The number of amides is 1. The van der Waals surface area contributed by atoms with Gasteiger partial charge in [-0.25, -0.2) is 10.4 Å². The Morgan fingerprint density at radius 1 is 1.00 bits per heavy atom. The smallest absolute Gasteiger partial charge is 0.250 e. The molecule has 0 unspecified atom stereocenters. The molecule has 8 nitrogen and oxygen atoms in total. The predicted molar refractivity (Wildman–Crippen MR) is 143 cm³/mol. The lowest BCUT2D eigenvalue weighted by Crippen LogP contribution is -2.20. The summed E-state index contributed by atoms with van der Waals surface area (Å²) in [5.41, 5.74) is 7.52. The molecule has 0 saturated carbocycles. The largest absolute Gasteiger partial charge is 0.493 e. The molecule has 1 heterocycles. The molecule has 4 aromatic rings. The van der Waals surface area contributed by atoms with E-state index in [1.165, 1.54) is 43.3 Å². The van der Waals surface area contributed by atoms with Gasteiger partial charge in [-0.2, -0.15) is 5.10 Å². The fourth-order valence-electron chi connectivity index (χ4n) is 3.75. The maximum absolute atomic E-state index is 12.5. The van der Waals surface area contributed by atoms with Crippen molar-refractivity contribution < 1.29 is 19.0 Å². The highest BCUT2D eigenvalue weighted by Gasteiger charge is 2.15. The molecule has 186 valence electrons. The van der Waals surface area contributed by atoms with E-state index in [0.717, 1.165) is 16.2 Å². The van der Waals surface area contributed by atoms with Crippen molar-refractivity contribution in [2.45, 2.75) is 18.6 Å². The second-order valence-electron chi connectivity index (χ2n) is 7.96. The molecule has 36 heavy (non-hydrogen) atoms. The van der Waals surface area contributed by atoms with E-state index in [2.05, 4.69) is 46.3 Å². The quantitative estimate of drug-likeness (QED) is 0.192. The lowest BCUT2D eigenvalue weighted by Gasteiger charge is -2.13. The van der Waals surface area contributed by atoms with Crippen molar-refractivity contribution in [3.8, 4) is 17.2 Å². The van der Waals surface area contributed by atoms with Crippen LogP contribution in [0.15, 0.2) is 70.9 Å². The second kappa shape index (κ2) is 11.6. The number of hydrogen-bond donors (Lipinski definition) is 1. The minimum Gasteiger partial charge on any atom is -0.493 e. The number of para-hydroxylation sites is 2. The zero-order valence-electron chi connectivity index (χ0n) is 20.6. The van der Waals surface area contributed by atoms with E-state index in [1.807, 2.05) is 24.3 Å². The number of imidazole rings is 1. The molecular formula is C27H28N4O4S. The van der Waals surface area contributed by atoms with Crippen molar-refractivity contribution in [3.05, 3.63) is 77.4 Å². The van der Waals surface area contributed by atoms with Gasteiger partial charge < -0.3 is 18.8 Å². The molecule has 0 fully saturated rings. The topological polar surface area (TPSA) is 87.0 Å². The molecule has 0 saturated heterocycles. The maximum atomic E-state index is 12.5. The number of carbonyl (C=O) groups excluding carboxylic acids is 1. The fourth-order valence-corrected chi connectivity index (χ4v) is 4.56. The third-order valence-corrected chi connectivity index (χ3v) is 6.52. The summed E-state index contributed by atoms with van der Waals surface area (Å²) < 4.78 is 18.3. The van der Waals surface area contributed by atoms with Crippen LogP contribution in [0.2, 0.25) is 0 Å². The molecule has 0 atom stereocenters. The molecule has 1 aromatic heterocycles. The highest BCUT2D eigenvalue weighted by Crippen LogP contribution is 2.39. The number of ether oxygens (including phenoxy) is 3. The van der Waals surface area contributed by atoms with Gasteiger partial charge in [-0.05, 0) is 36.8 Å². The van der Waals surface area contributed by atoms with Gasteiger partial charge in [0.05, 0.1) is 50.9 Å². The monoisotopic (exact) mass is 504 g/mol. The van der Waals surface area contributed by atoms with Gasteiger partial charge in [0.1, 0.15) is 0 Å². The Hall–Kier alpha value is -3.98. The van der Waals surface area contributed by atoms with E-state index in [-0.39, 0.29) is 11.7 Å². The summed E-state index contributed by atoms with van der Waals surface area (Å²) in [7, 11) is 4.62. The minimum atomic E-state index is -0.246. The molecule has 3 aromatic carbocycles. The van der Waals surface area contributed by atoms with Gasteiger partial charge in [0.2, 0.25) is 5.75 Å². The number of methoxy groups -OCH3 is 3. The highest BCUT2D eigenvalue weighted by molar-refractivity contribution is 7.99. The third-order valence-electron chi connectivity index (χ3n) is 5.54. The van der Waals surface area contributed by atoms with Gasteiger partial charge >= 0.3 is 0 Å². The molecule has 4 rings (SSSR count). The van der Waals surface area contributed by atoms with Crippen LogP contribution in [0.3, 0.4) is 0 Å². The SMILES string of the molecule is COc1ccc(/C=N/NC(=O)CSc2nc3ccccc3n2Cc2ccc(C)cc2)c(OC)c1OC. The third kappa shape index (κ3) is 5.63. The first-order valence-electron chi connectivity index (χ1n) is 11.3. The number of hydrazone groups is 1. The molecular weight excluding hydrogens is 476 g/mol. The van der Waals surface area contributed by atoms with Crippen molar-refractivity contribution in [1.29, 1.82) is 0 Å². The average molecular weight is 505 g/mol. The summed E-state index contributed by atoms with van der Waals surface area (Å²) in [5, 5.41) is 4.87. The standard InChI is InChI=1S/C27H28N4O4S/c1-18-9-11-19(12-10-18)16-31-22-8-6-5-7-21(22)29-27(31)36-17-24(32)30-28-15-20-13-14-23(33-2)26(35-4)25(20)34-3/h5-15H,16-17H2,1-4H3,(H,30,32)/b28-15+. The van der Waals surface area contributed by atoms with E-state index >= 15 is 0 Å². The Labute approximate surface area is 214 Å². The number of fused-ring (bicyclic) bond motifs is 1. The number of aryl methyl sites for hydroxylation is 1. The summed E-state index contributed by atoms with van der Waals surface area (Å²) in [6.45, 7) is 2.74. The van der Waals surface area contributed by atoms with E-state index in [9.17, 15) is 4.79 Å². The van der Waals surface area contributed by atoms with Gasteiger partial charge in [-0.15, -0.1) is 0 Å². The number of hydrogen-bond acceptors (Lipinski definition) is 7. The van der Waals surface area contributed by atoms with Crippen molar-refractivity contribution in [2.24, 2.45) is 5.10 Å². The maximum Gasteiger partial charge on any atom is 0.250 e. The minimum absolute atomic E-state index is 0.164. The van der Waals surface area contributed by atoms with E-state index in [0.29, 0.717) is 29.4 Å². The average Bonchev–Trinajstić information content (AvgIpc) is 3.25. The predicted octanol–water partition coefficient (Wildman–Crippen LogP) is 4.66. The van der Waals surface area contributed by atoms with Crippen molar-refractivity contribution in [1.82, 2.24) is 15.0 Å². The summed E-state index contributed by atoms with van der Waals surface area (Å²) >= 11 is 1.37. The summed E-state index contributed by atoms with van der Waals surface area (Å²) in [6.07, 6.45) is 1.51. The number of carbonyl (C=O) groups is 1. The van der Waals surface area contributed by atoms with Crippen LogP contribution < -0.4 is 19.6 Å². The van der Waals surface area contributed by atoms with Crippen LogP contribution in [0.25, 0.3) is 11.0 Å². The summed E-state index contributed by atoms with van der Waals surface area (Å²) in [4.78, 5) is 17.3. The molecule has 9 heteroatoms. The molecule has 0 spiro atoms. The Morgan fingerprint density at radius 3 is 2.47 bits per heavy atom. The zero-order valence-corrected chi connectivity index (χ0v) is 21.5. The molecule has 1 N–H and O–H groups in total. The number of nitrogens with zero attached hydrogens (tertiary/aromatic N) is 3. The van der Waals surface area contributed by atoms with Crippen LogP contribution in [0.1, 0.15) is 16.7 Å². The van der Waals surface area contributed by atoms with E-state index in [1.54, 1.807) is 19.2 Å². The van der Waals surface area contributed by atoms with Crippen molar-refractivity contribution in [3.63, 3.8) is 0 Å². The Balaban J connectivity index is 1.45. The Kier molecular flexibility index (Phi) is 8.12. The Bertz CT molecular complexity index is 1380. The Morgan fingerprint density at radius 2 is 1.75 bits per heavy atom. The molecule has 0 bridgehead atoms. The van der Waals surface area contributed by atoms with Gasteiger partial charge in [0, 0.05) is 5.56 Å². The van der Waals surface area contributed by atoms with Crippen LogP contribution >= 0.6 is 11.8 Å². The molecule has 0 aliphatic carbocycles. The zero-order chi connectivity index (χ0) is 25.5. The normalized spacial score (nSPS) is 11.1. The lowest BCUT2D eigenvalue weighted by molar-refractivity contribution is -0.118. The van der Waals surface area contributed by atoms with Gasteiger partial charge in [0.25, 0.3) is 5.91 Å². The molecule has 0 aliphatic heterocycles. The molecule has 0 aliphatic rings. The van der Waals surface area contributed by atoms with Crippen LogP contribution in [-0.2, 0) is 11.3 Å². The number of benzene rings is 3. The first-order chi connectivity index (χ1) is 17.5. The van der Waals surface area contributed by atoms with E-state index in [4.69, 9.17) is 19.2 Å². The lowest BCUT2D eigenvalue weighted by atomic mass is 10.1. The first-order valence-corrected chi connectivity index (χ1v) is 12.3. The fraction of sp³-hybridized carbons (Fsp3) is 0.222. The summed E-state index contributed by atoms with van der Waals surface area (Å²) in [6, 6.07) is 19.9. The number of thioether (sulfide) groups is 1.